The van der Waals surface area contributed by atoms with Gasteiger partial charge < -0.3 is 10.3 Å². The zero-order valence-electron chi connectivity index (χ0n) is 9.73. The van der Waals surface area contributed by atoms with Crippen LogP contribution in [-0.4, -0.2) is 22.3 Å². The van der Waals surface area contributed by atoms with Gasteiger partial charge in [0.2, 0.25) is 0 Å². The molecule has 17 heavy (non-hydrogen) atoms. The Balaban J connectivity index is 1.85. The van der Waals surface area contributed by atoms with Crippen molar-refractivity contribution in [1.82, 2.24) is 9.97 Å². The van der Waals surface area contributed by atoms with Crippen LogP contribution in [0.15, 0.2) is 36.8 Å². The highest BCUT2D eigenvalue weighted by Gasteiger charge is 1.99. The van der Waals surface area contributed by atoms with E-state index in [0.717, 1.165) is 29.9 Å². The monoisotopic (exact) mass is 229 g/mol. The fourth-order valence-electron chi connectivity index (χ4n) is 1.59. The second kappa shape index (κ2) is 5.30. The van der Waals surface area contributed by atoms with Gasteiger partial charge in [0.25, 0.3) is 0 Å². The maximum absolute atomic E-state index is 11.1. The van der Waals surface area contributed by atoms with Crippen LogP contribution < -0.4 is 5.32 Å². The van der Waals surface area contributed by atoms with Gasteiger partial charge in [0, 0.05) is 36.1 Å². The third-order valence-corrected chi connectivity index (χ3v) is 2.57. The number of H-pyrrole nitrogens is 1. The first-order valence-electron chi connectivity index (χ1n) is 5.58. The number of aromatic amines is 1. The second-order valence-corrected chi connectivity index (χ2v) is 3.89. The Bertz CT molecular complexity index is 474. The number of rotatable bonds is 5. The SMILES string of the molecule is CC(=O)c1ccc(NCCc2cnc[nH]2)cc1. The summed E-state index contributed by atoms with van der Waals surface area (Å²) in [7, 11) is 0. The predicted molar refractivity (Wildman–Crippen MR) is 67.2 cm³/mol. The summed E-state index contributed by atoms with van der Waals surface area (Å²) in [6.07, 6.45) is 4.39. The van der Waals surface area contributed by atoms with Crippen LogP contribution in [0.1, 0.15) is 23.0 Å². The quantitative estimate of drug-likeness (QED) is 0.773. The van der Waals surface area contributed by atoms with E-state index in [0.29, 0.717) is 0 Å². The summed E-state index contributed by atoms with van der Waals surface area (Å²) in [6, 6.07) is 7.51. The fourth-order valence-corrected chi connectivity index (χ4v) is 1.59. The zero-order chi connectivity index (χ0) is 12.1. The largest absolute Gasteiger partial charge is 0.385 e. The Morgan fingerprint density at radius 3 is 2.71 bits per heavy atom. The number of hydrogen-bond acceptors (Lipinski definition) is 3. The molecule has 0 saturated carbocycles. The van der Waals surface area contributed by atoms with Crippen LogP contribution >= 0.6 is 0 Å². The summed E-state index contributed by atoms with van der Waals surface area (Å²) in [5.41, 5.74) is 2.87. The van der Waals surface area contributed by atoms with Crippen LogP contribution in [0.3, 0.4) is 0 Å². The lowest BCUT2D eigenvalue weighted by Crippen LogP contribution is -2.05. The van der Waals surface area contributed by atoms with Crippen LogP contribution in [0.5, 0.6) is 0 Å². The van der Waals surface area contributed by atoms with E-state index in [1.165, 1.54) is 0 Å². The number of Topliss-reactive ketones (excluding diaryl/α,β-unsaturated/α-hetero) is 1. The third kappa shape index (κ3) is 3.17. The molecule has 1 heterocycles. The molecule has 0 radical (unpaired) electrons. The maximum atomic E-state index is 11.1. The molecule has 4 heteroatoms. The van der Waals surface area contributed by atoms with E-state index in [2.05, 4.69) is 15.3 Å². The molecule has 88 valence electrons. The van der Waals surface area contributed by atoms with Crippen molar-refractivity contribution in [2.24, 2.45) is 0 Å². The maximum Gasteiger partial charge on any atom is 0.159 e. The lowest BCUT2D eigenvalue weighted by molar-refractivity contribution is 0.101. The highest BCUT2D eigenvalue weighted by atomic mass is 16.1. The van der Waals surface area contributed by atoms with Gasteiger partial charge in [-0.1, -0.05) is 0 Å². The van der Waals surface area contributed by atoms with Crippen molar-refractivity contribution in [3.05, 3.63) is 48.0 Å². The minimum absolute atomic E-state index is 0.0917. The number of carbonyl (C=O) groups excluding carboxylic acids is 1. The minimum Gasteiger partial charge on any atom is -0.385 e. The summed E-state index contributed by atoms with van der Waals surface area (Å²) < 4.78 is 0. The lowest BCUT2D eigenvalue weighted by Gasteiger charge is -2.05. The van der Waals surface area contributed by atoms with Crippen molar-refractivity contribution < 1.29 is 4.79 Å². The summed E-state index contributed by atoms with van der Waals surface area (Å²) in [6.45, 7) is 2.41. The average Bonchev–Trinajstić information content (AvgIpc) is 2.83. The zero-order valence-corrected chi connectivity index (χ0v) is 9.73. The molecule has 0 unspecified atom stereocenters. The molecule has 1 aromatic carbocycles. The van der Waals surface area contributed by atoms with Gasteiger partial charge in [-0.25, -0.2) is 4.98 Å². The molecule has 0 saturated heterocycles. The Morgan fingerprint density at radius 1 is 1.35 bits per heavy atom. The van der Waals surface area contributed by atoms with Gasteiger partial charge in [-0.15, -0.1) is 0 Å². The average molecular weight is 229 g/mol. The van der Waals surface area contributed by atoms with Crippen LogP contribution in [0, 0.1) is 0 Å². The molecule has 0 atom stereocenters. The number of hydrogen-bond donors (Lipinski definition) is 2. The second-order valence-electron chi connectivity index (χ2n) is 3.89. The molecule has 2 N–H and O–H groups in total. The fraction of sp³-hybridized carbons (Fsp3) is 0.231. The Hall–Kier alpha value is -2.10. The van der Waals surface area contributed by atoms with Crippen molar-refractivity contribution in [2.75, 3.05) is 11.9 Å². The van der Waals surface area contributed by atoms with E-state index in [4.69, 9.17) is 0 Å². The molecule has 1 aromatic heterocycles. The Labute approximate surface area is 100 Å². The van der Waals surface area contributed by atoms with E-state index in [-0.39, 0.29) is 5.78 Å². The number of nitrogens with zero attached hydrogens (tertiary/aromatic N) is 1. The van der Waals surface area contributed by atoms with Crippen molar-refractivity contribution in [1.29, 1.82) is 0 Å². The summed E-state index contributed by atoms with van der Waals surface area (Å²) in [5, 5.41) is 3.29. The molecule has 2 aromatic rings. The molecule has 4 nitrogen and oxygen atoms in total. The molecule has 0 bridgehead atoms. The molecule has 0 amide bonds. The van der Waals surface area contributed by atoms with Crippen LogP contribution in [0.25, 0.3) is 0 Å². The molecule has 0 aliphatic heterocycles. The summed E-state index contributed by atoms with van der Waals surface area (Å²) in [4.78, 5) is 18.1. The first-order valence-corrected chi connectivity index (χ1v) is 5.58. The highest BCUT2D eigenvalue weighted by Crippen LogP contribution is 2.09. The van der Waals surface area contributed by atoms with Gasteiger partial charge in [0.05, 0.1) is 6.33 Å². The van der Waals surface area contributed by atoms with E-state index in [1.807, 2.05) is 30.5 Å². The topological polar surface area (TPSA) is 57.8 Å². The van der Waals surface area contributed by atoms with Crippen molar-refractivity contribution in [3.8, 4) is 0 Å². The molecule has 2 rings (SSSR count). The van der Waals surface area contributed by atoms with E-state index in [1.54, 1.807) is 13.3 Å². The molecule has 0 aliphatic rings. The first kappa shape index (κ1) is 11.4. The molecular weight excluding hydrogens is 214 g/mol. The van der Waals surface area contributed by atoms with Crippen molar-refractivity contribution >= 4 is 11.5 Å². The molecule has 0 spiro atoms. The van der Waals surface area contributed by atoms with Gasteiger partial charge in [0.15, 0.2) is 5.78 Å². The molecular formula is C13H15N3O. The first-order chi connectivity index (χ1) is 8.25. The van der Waals surface area contributed by atoms with Crippen molar-refractivity contribution in [2.45, 2.75) is 13.3 Å². The number of nitrogens with one attached hydrogen (secondary N) is 2. The number of aromatic nitrogens is 2. The van der Waals surface area contributed by atoms with Crippen LogP contribution in [0.2, 0.25) is 0 Å². The number of benzene rings is 1. The van der Waals surface area contributed by atoms with Crippen molar-refractivity contribution in [3.63, 3.8) is 0 Å². The van der Waals surface area contributed by atoms with E-state index < -0.39 is 0 Å². The standard InChI is InChI=1S/C13H15N3O/c1-10(17)11-2-4-12(5-3-11)15-7-6-13-8-14-9-16-13/h2-5,8-9,15H,6-7H2,1H3,(H,14,16). The number of ketones is 1. The third-order valence-electron chi connectivity index (χ3n) is 2.57. The lowest BCUT2D eigenvalue weighted by atomic mass is 10.1. The smallest absolute Gasteiger partial charge is 0.159 e. The van der Waals surface area contributed by atoms with E-state index >= 15 is 0 Å². The minimum atomic E-state index is 0.0917. The van der Waals surface area contributed by atoms with Gasteiger partial charge in [-0.2, -0.15) is 0 Å². The normalized spacial score (nSPS) is 10.2. The molecule has 0 aliphatic carbocycles. The van der Waals surface area contributed by atoms with Gasteiger partial charge in [-0.05, 0) is 31.2 Å². The molecule has 0 fully saturated rings. The summed E-state index contributed by atoms with van der Waals surface area (Å²) in [5.74, 6) is 0.0917. The van der Waals surface area contributed by atoms with Gasteiger partial charge in [-0.3, -0.25) is 4.79 Å². The van der Waals surface area contributed by atoms with E-state index in [9.17, 15) is 4.79 Å². The predicted octanol–water partition coefficient (Wildman–Crippen LogP) is 2.27. The van der Waals surface area contributed by atoms with Crippen LogP contribution in [0.4, 0.5) is 5.69 Å². The summed E-state index contributed by atoms with van der Waals surface area (Å²) >= 11 is 0. The van der Waals surface area contributed by atoms with Crippen LogP contribution in [-0.2, 0) is 6.42 Å². The number of imidazole rings is 1. The highest BCUT2D eigenvalue weighted by molar-refractivity contribution is 5.94. The van der Waals surface area contributed by atoms with Gasteiger partial charge >= 0.3 is 0 Å². The van der Waals surface area contributed by atoms with Gasteiger partial charge in [0.1, 0.15) is 0 Å². The number of anilines is 1. The number of carbonyl (C=O) groups is 1. The Kier molecular flexibility index (Phi) is 3.55. The Morgan fingerprint density at radius 2 is 2.12 bits per heavy atom.